The highest BCUT2D eigenvalue weighted by atomic mass is 16.6. The van der Waals surface area contributed by atoms with Gasteiger partial charge in [0.15, 0.2) is 0 Å². The molecule has 0 spiro atoms. The van der Waals surface area contributed by atoms with E-state index in [1.165, 1.54) is 0 Å². The number of nitrogens with one attached hydrogen (secondary N) is 1. The van der Waals surface area contributed by atoms with Crippen LogP contribution < -0.4 is 10.1 Å². The van der Waals surface area contributed by atoms with Gasteiger partial charge in [0, 0.05) is 24.4 Å². The summed E-state index contributed by atoms with van der Waals surface area (Å²) in [6, 6.07) is 17.3. The van der Waals surface area contributed by atoms with Crippen molar-refractivity contribution in [2.24, 2.45) is 13.0 Å². The number of benzene rings is 2. The van der Waals surface area contributed by atoms with Gasteiger partial charge in [-0.2, -0.15) is 10.2 Å². The number of carbonyl (C=O) groups is 1. The van der Waals surface area contributed by atoms with Crippen LogP contribution in [-0.4, -0.2) is 25.7 Å². The Balaban J connectivity index is 1.64. The van der Waals surface area contributed by atoms with Crippen molar-refractivity contribution < 1.29 is 9.53 Å². The van der Waals surface area contributed by atoms with E-state index in [4.69, 9.17) is 9.84 Å². The molecule has 2 aromatic carbocycles. The number of aryl methyl sites for hydroxylation is 1. The Morgan fingerprint density at radius 3 is 2.59 bits per heavy atom. The number of para-hydroxylation sites is 1. The molecule has 0 saturated carbocycles. The van der Waals surface area contributed by atoms with Crippen molar-refractivity contribution in [1.82, 2.24) is 19.6 Å². The summed E-state index contributed by atoms with van der Waals surface area (Å²) in [5.74, 6) is 1.59. The average Bonchev–Trinajstić information content (AvgIpc) is 3.32. The second-order valence-electron chi connectivity index (χ2n) is 8.23. The molecule has 0 aliphatic carbocycles. The Morgan fingerprint density at radius 1 is 1.12 bits per heavy atom. The number of rotatable bonds is 6. The highest BCUT2D eigenvalue weighted by molar-refractivity contribution is 5.88. The lowest BCUT2D eigenvalue weighted by Gasteiger charge is -2.11. The van der Waals surface area contributed by atoms with Gasteiger partial charge >= 0.3 is 6.09 Å². The first-order valence-electron chi connectivity index (χ1n) is 10.6. The summed E-state index contributed by atoms with van der Waals surface area (Å²) in [5.41, 5.74) is 4.41. The van der Waals surface area contributed by atoms with Crippen LogP contribution in [0.4, 0.5) is 10.6 Å². The highest BCUT2D eigenvalue weighted by Gasteiger charge is 2.20. The zero-order valence-electron chi connectivity index (χ0n) is 18.7. The SMILES string of the molecule is Cc1c(-c2cnn(C)c2)nn(-c2ccccc2)c1NC(=O)Oc1cccc(CC(C)C)c1. The van der Waals surface area contributed by atoms with Crippen LogP contribution >= 0.6 is 0 Å². The summed E-state index contributed by atoms with van der Waals surface area (Å²) < 4.78 is 9.04. The minimum atomic E-state index is -0.565. The number of hydrogen-bond donors (Lipinski definition) is 1. The van der Waals surface area contributed by atoms with Crippen LogP contribution in [0.2, 0.25) is 0 Å². The van der Waals surface area contributed by atoms with E-state index in [9.17, 15) is 4.79 Å². The minimum Gasteiger partial charge on any atom is -0.410 e. The molecule has 0 aliphatic rings. The first kappa shape index (κ1) is 21.4. The van der Waals surface area contributed by atoms with Gasteiger partial charge in [-0.3, -0.25) is 10.00 Å². The molecule has 0 saturated heterocycles. The molecule has 0 radical (unpaired) electrons. The van der Waals surface area contributed by atoms with Gasteiger partial charge in [0.2, 0.25) is 0 Å². The second kappa shape index (κ2) is 9.09. The van der Waals surface area contributed by atoms with Crippen molar-refractivity contribution in [2.75, 3.05) is 5.32 Å². The number of anilines is 1. The summed E-state index contributed by atoms with van der Waals surface area (Å²) in [7, 11) is 1.86. The topological polar surface area (TPSA) is 74.0 Å². The van der Waals surface area contributed by atoms with E-state index in [1.54, 1.807) is 21.6 Å². The Kier molecular flexibility index (Phi) is 6.07. The maximum atomic E-state index is 12.8. The highest BCUT2D eigenvalue weighted by Crippen LogP contribution is 2.30. The number of carbonyl (C=O) groups excluding carboxylic acids is 1. The van der Waals surface area contributed by atoms with Crippen LogP contribution in [0.1, 0.15) is 25.0 Å². The van der Waals surface area contributed by atoms with E-state index in [1.807, 2.05) is 68.7 Å². The van der Waals surface area contributed by atoms with Gasteiger partial charge in [-0.25, -0.2) is 9.48 Å². The van der Waals surface area contributed by atoms with E-state index in [0.717, 1.165) is 34.5 Å². The van der Waals surface area contributed by atoms with E-state index in [-0.39, 0.29) is 0 Å². The van der Waals surface area contributed by atoms with E-state index in [0.29, 0.717) is 17.5 Å². The molecule has 164 valence electrons. The fraction of sp³-hybridized carbons (Fsp3) is 0.240. The van der Waals surface area contributed by atoms with Crippen LogP contribution in [0.5, 0.6) is 5.75 Å². The summed E-state index contributed by atoms with van der Waals surface area (Å²) in [6.45, 7) is 6.24. The zero-order chi connectivity index (χ0) is 22.7. The van der Waals surface area contributed by atoms with Crippen molar-refractivity contribution in [3.63, 3.8) is 0 Å². The number of aromatic nitrogens is 4. The molecule has 0 atom stereocenters. The van der Waals surface area contributed by atoms with E-state index < -0.39 is 6.09 Å². The quantitative estimate of drug-likeness (QED) is 0.446. The molecular weight excluding hydrogens is 402 g/mol. The summed E-state index contributed by atoms with van der Waals surface area (Å²) in [6.07, 6.45) is 4.01. The smallest absolute Gasteiger partial charge is 0.410 e. The van der Waals surface area contributed by atoms with Crippen LogP contribution in [0.25, 0.3) is 16.9 Å². The second-order valence-corrected chi connectivity index (χ2v) is 8.23. The monoisotopic (exact) mass is 429 g/mol. The molecule has 2 heterocycles. The van der Waals surface area contributed by atoms with Gasteiger partial charge in [-0.1, -0.05) is 44.2 Å². The number of nitrogens with zero attached hydrogens (tertiary/aromatic N) is 4. The maximum absolute atomic E-state index is 12.8. The largest absolute Gasteiger partial charge is 0.418 e. The molecule has 32 heavy (non-hydrogen) atoms. The molecule has 0 fully saturated rings. The molecule has 7 nitrogen and oxygen atoms in total. The normalized spacial score (nSPS) is 11.0. The third kappa shape index (κ3) is 4.72. The third-order valence-electron chi connectivity index (χ3n) is 5.07. The Morgan fingerprint density at radius 2 is 1.91 bits per heavy atom. The van der Waals surface area contributed by atoms with E-state index in [2.05, 4.69) is 24.3 Å². The number of amides is 1. The standard InChI is InChI=1S/C25H27N5O2/c1-17(2)13-19-9-8-12-22(14-19)32-25(31)27-24-18(3)23(20-15-26-29(4)16-20)28-30(24)21-10-6-5-7-11-21/h5-12,14-17H,13H2,1-4H3,(H,27,31). The lowest BCUT2D eigenvalue weighted by atomic mass is 10.0. The Labute approximate surface area is 187 Å². The van der Waals surface area contributed by atoms with Gasteiger partial charge < -0.3 is 4.74 Å². The summed E-state index contributed by atoms with van der Waals surface area (Å²) in [5, 5.41) is 11.9. The lowest BCUT2D eigenvalue weighted by Crippen LogP contribution is -2.19. The van der Waals surface area contributed by atoms with Gasteiger partial charge in [0.25, 0.3) is 0 Å². The fourth-order valence-electron chi connectivity index (χ4n) is 3.65. The third-order valence-corrected chi connectivity index (χ3v) is 5.07. The average molecular weight is 430 g/mol. The van der Waals surface area contributed by atoms with Crippen molar-refractivity contribution in [3.8, 4) is 22.7 Å². The molecule has 0 aliphatic heterocycles. The minimum absolute atomic E-state index is 0.511. The van der Waals surface area contributed by atoms with Crippen molar-refractivity contribution in [2.45, 2.75) is 27.2 Å². The predicted octanol–water partition coefficient (Wildman–Crippen LogP) is 5.39. The molecular formula is C25H27N5O2. The molecule has 1 amide bonds. The maximum Gasteiger partial charge on any atom is 0.418 e. The fourth-order valence-corrected chi connectivity index (χ4v) is 3.65. The molecule has 0 unspecified atom stereocenters. The summed E-state index contributed by atoms with van der Waals surface area (Å²) >= 11 is 0. The predicted molar refractivity (Wildman–Crippen MR) is 125 cm³/mol. The molecule has 7 heteroatoms. The first-order chi connectivity index (χ1) is 15.4. The Bertz CT molecular complexity index is 1220. The Hall–Kier alpha value is -3.87. The van der Waals surface area contributed by atoms with E-state index >= 15 is 0 Å². The van der Waals surface area contributed by atoms with Gasteiger partial charge in [0.05, 0.1) is 11.9 Å². The van der Waals surface area contributed by atoms with Gasteiger partial charge in [-0.15, -0.1) is 0 Å². The van der Waals surface area contributed by atoms with Gasteiger partial charge in [-0.05, 0) is 49.1 Å². The van der Waals surface area contributed by atoms with Crippen molar-refractivity contribution in [3.05, 3.63) is 78.1 Å². The molecule has 1 N–H and O–H groups in total. The van der Waals surface area contributed by atoms with Crippen molar-refractivity contribution >= 4 is 11.9 Å². The van der Waals surface area contributed by atoms with Crippen molar-refractivity contribution in [1.29, 1.82) is 0 Å². The first-order valence-corrected chi connectivity index (χ1v) is 10.6. The van der Waals surface area contributed by atoms with Crippen LogP contribution in [0, 0.1) is 12.8 Å². The van der Waals surface area contributed by atoms with Crippen LogP contribution in [0.15, 0.2) is 67.0 Å². The molecule has 4 aromatic rings. The van der Waals surface area contributed by atoms with Crippen LogP contribution in [-0.2, 0) is 13.5 Å². The summed E-state index contributed by atoms with van der Waals surface area (Å²) in [4.78, 5) is 12.8. The van der Waals surface area contributed by atoms with Crippen LogP contribution in [0.3, 0.4) is 0 Å². The number of hydrogen-bond acceptors (Lipinski definition) is 4. The molecule has 2 aromatic heterocycles. The zero-order valence-corrected chi connectivity index (χ0v) is 18.7. The van der Waals surface area contributed by atoms with Gasteiger partial charge in [0.1, 0.15) is 17.3 Å². The molecule has 0 bridgehead atoms. The number of ether oxygens (including phenoxy) is 1. The molecule has 4 rings (SSSR count). The lowest BCUT2D eigenvalue weighted by molar-refractivity contribution is 0.215.